The van der Waals surface area contributed by atoms with Crippen LogP contribution in [0.15, 0.2) is 97.1 Å². The molecule has 4 nitrogen and oxygen atoms in total. The molecule has 2 N–H and O–H groups in total. The number of nitrogens with one attached hydrogen (secondary N) is 2. The van der Waals surface area contributed by atoms with Gasteiger partial charge in [-0.2, -0.15) is 0 Å². The molecule has 0 unspecified atom stereocenters. The summed E-state index contributed by atoms with van der Waals surface area (Å²) in [6.45, 7) is 9.28. The van der Waals surface area contributed by atoms with Gasteiger partial charge < -0.3 is 9.97 Å². The van der Waals surface area contributed by atoms with E-state index < -0.39 is 0 Å². The largest absolute Gasteiger partial charge is 0.354 e. The molecule has 0 saturated heterocycles. The number of fused-ring (bicyclic) bond motifs is 18. The lowest BCUT2D eigenvalue weighted by Gasteiger charge is -2.09. The van der Waals surface area contributed by atoms with Gasteiger partial charge in [0.25, 0.3) is 0 Å². The molecule has 0 spiro atoms. The van der Waals surface area contributed by atoms with E-state index in [9.17, 15) is 0 Å². The Kier molecular flexibility index (Phi) is 12.8. The molecular formula is C64H70N4. The molecule has 5 heterocycles. The first-order valence-electron chi connectivity index (χ1n) is 26.9. The summed E-state index contributed by atoms with van der Waals surface area (Å²) < 4.78 is 0. The maximum absolute atomic E-state index is 5.81. The predicted octanol–water partition coefficient (Wildman–Crippen LogP) is 19.6. The van der Waals surface area contributed by atoms with Gasteiger partial charge >= 0.3 is 0 Å². The van der Waals surface area contributed by atoms with Gasteiger partial charge in [-0.3, -0.25) is 0 Å². The number of aromatic nitrogens is 4. The normalized spacial score (nSPS) is 13.5. The molecule has 3 aromatic heterocycles. The van der Waals surface area contributed by atoms with Gasteiger partial charge in [0, 0.05) is 44.3 Å². The number of nitrogens with zero attached hydrogens (tertiary/aromatic N) is 2. The van der Waals surface area contributed by atoms with Crippen molar-refractivity contribution in [1.82, 2.24) is 19.9 Å². The lowest BCUT2D eigenvalue weighted by atomic mass is 9.94. The van der Waals surface area contributed by atoms with Crippen LogP contribution in [-0.2, 0) is 0 Å². The Labute approximate surface area is 404 Å². The molecule has 11 rings (SSSR count). The smallest absolute Gasteiger partial charge is 0.0693 e. The maximum atomic E-state index is 5.81. The van der Waals surface area contributed by atoms with E-state index in [0.717, 1.165) is 70.5 Å². The van der Waals surface area contributed by atoms with Gasteiger partial charge in [0.1, 0.15) is 0 Å². The van der Waals surface area contributed by atoms with E-state index in [4.69, 9.17) is 9.97 Å². The SMILES string of the molecule is CCCCCCC1=C(CCCCCC)c2cc3[nH]c(cc4nc(cc5[nH]c(cc1n2)c1c5-c2cccc5cccc-1c25)C(CCCCCC)=C4CCCCCC)c1c3-c2cccc3cccc-1c23. The molecule has 8 bridgehead atoms. The zero-order valence-corrected chi connectivity index (χ0v) is 41.3. The van der Waals surface area contributed by atoms with Gasteiger partial charge in [-0.1, -0.05) is 178 Å². The third-order valence-corrected chi connectivity index (χ3v) is 15.7. The minimum absolute atomic E-state index is 1.04. The molecule has 68 heavy (non-hydrogen) atoms. The van der Waals surface area contributed by atoms with E-state index in [-0.39, 0.29) is 0 Å². The van der Waals surface area contributed by atoms with E-state index in [1.54, 1.807) is 0 Å². The highest BCUT2D eigenvalue weighted by atomic mass is 14.8. The Morgan fingerprint density at radius 1 is 0.324 bits per heavy atom. The van der Waals surface area contributed by atoms with Crippen LogP contribution in [0, 0.1) is 0 Å². The molecular weight excluding hydrogens is 825 g/mol. The molecule has 4 aromatic carbocycles. The number of hydrogen-bond donors (Lipinski definition) is 2. The van der Waals surface area contributed by atoms with Crippen molar-refractivity contribution in [2.24, 2.45) is 0 Å². The summed E-state index contributed by atoms with van der Waals surface area (Å²) in [5.74, 6) is 0. The van der Waals surface area contributed by atoms with E-state index >= 15 is 0 Å². The van der Waals surface area contributed by atoms with Crippen LogP contribution in [0.2, 0.25) is 0 Å². The van der Waals surface area contributed by atoms with Crippen molar-refractivity contribution in [3.63, 3.8) is 0 Å². The summed E-state index contributed by atoms with van der Waals surface area (Å²) in [5.41, 5.74) is 25.4. The van der Waals surface area contributed by atoms with Crippen LogP contribution >= 0.6 is 0 Å². The van der Waals surface area contributed by atoms with Gasteiger partial charge in [0.2, 0.25) is 0 Å². The van der Waals surface area contributed by atoms with Crippen LogP contribution in [0.5, 0.6) is 0 Å². The van der Waals surface area contributed by atoms with Gasteiger partial charge in [-0.15, -0.1) is 0 Å². The Morgan fingerprint density at radius 2 is 0.588 bits per heavy atom. The second-order valence-electron chi connectivity index (χ2n) is 20.3. The van der Waals surface area contributed by atoms with Crippen molar-refractivity contribution in [2.45, 2.75) is 156 Å². The Balaban J connectivity index is 1.25. The second kappa shape index (κ2) is 19.5. The third kappa shape index (κ3) is 7.96. The highest BCUT2D eigenvalue weighted by Crippen LogP contribution is 2.54. The number of rotatable bonds is 20. The van der Waals surface area contributed by atoms with Gasteiger partial charge in [0.15, 0.2) is 0 Å². The van der Waals surface area contributed by atoms with Crippen LogP contribution in [0.1, 0.15) is 179 Å². The summed E-state index contributed by atoms with van der Waals surface area (Å²) in [7, 11) is 0. The second-order valence-corrected chi connectivity index (χ2v) is 20.3. The number of allylic oxidation sites excluding steroid dienone is 4. The summed E-state index contributed by atoms with van der Waals surface area (Å²) in [6.07, 6.45) is 23.8. The Hall–Kier alpha value is -6.00. The Bertz CT molecular complexity index is 2870. The fraction of sp³-hybridized carbons (Fsp3) is 0.375. The molecule has 7 aromatic rings. The third-order valence-electron chi connectivity index (χ3n) is 15.7. The van der Waals surface area contributed by atoms with Gasteiger partial charge in [-0.05, 0) is 142 Å². The van der Waals surface area contributed by atoms with Crippen LogP contribution in [0.25, 0.3) is 110 Å². The standard InChI is InChI=1S/C64H70N4/c1-5-9-13-17-29-43-44(30-18-14-10-6-2)52-38-56-62-48-34-22-27-42-28-24-36-50(60(42)48)64(62)58(68-56)40-54-46(32-20-16-12-8-4)45(31-19-15-11-7-3)53(66-54)39-57-63-49-35-23-26-41-25-21-33-47(59(41)49)61(63)55(67-57)37-51(43)65-52/h21-28,33-40,67-68H,5-20,29-32H2,1-4H3. The molecule has 0 radical (unpaired) electrons. The summed E-state index contributed by atoms with van der Waals surface area (Å²) in [4.78, 5) is 19.9. The average Bonchev–Trinajstić information content (AvgIpc) is 4.19. The van der Waals surface area contributed by atoms with Crippen LogP contribution in [-0.4, -0.2) is 19.9 Å². The molecule has 4 aliphatic rings. The number of benzene rings is 4. The summed E-state index contributed by atoms with van der Waals surface area (Å²) >= 11 is 0. The van der Waals surface area contributed by atoms with Gasteiger partial charge in [0.05, 0.1) is 22.8 Å². The van der Waals surface area contributed by atoms with Crippen LogP contribution < -0.4 is 0 Å². The number of aromatic amines is 2. The minimum Gasteiger partial charge on any atom is -0.354 e. The number of H-pyrrole nitrogens is 2. The van der Waals surface area contributed by atoms with E-state index in [0.29, 0.717) is 0 Å². The maximum Gasteiger partial charge on any atom is 0.0693 e. The van der Waals surface area contributed by atoms with Crippen LogP contribution in [0.4, 0.5) is 0 Å². The predicted molar refractivity (Wildman–Crippen MR) is 294 cm³/mol. The molecule has 0 amide bonds. The summed E-state index contributed by atoms with van der Waals surface area (Å²) in [6, 6.07) is 37.3. The quantitative estimate of drug-likeness (QED) is 0.0749. The van der Waals surface area contributed by atoms with Crippen LogP contribution in [0.3, 0.4) is 0 Å². The van der Waals surface area contributed by atoms with Crippen molar-refractivity contribution in [3.8, 4) is 44.5 Å². The Morgan fingerprint density at radius 3 is 0.838 bits per heavy atom. The average molecular weight is 895 g/mol. The number of hydrogen-bond acceptors (Lipinski definition) is 2. The zero-order chi connectivity index (χ0) is 46.1. The highest BCUT2D eigenvalue weighted by Gasteiger charge is 2.30. The first-order chi connectivity index (χ1) is 33.6. The van der Waals surface area contributed by atoms with Crippen molar-refractivity contribution in [2.75, 3.05) is 0 Å². The van der Waals surface area contributed by atoms with E-state index in [1.807, 2.05) is 0 Å². The highest BCUT2D eigenvalue weighted by molar-refractivity contribution is 6.24. The minimum atomic E-state index is 1.04. The van der Waals surface area contributed by atoms with E-state index in [1.165, 1.54) is 191 Å². The zero-order valence-electron chi connectivity index (χ0n) is 41.3. The van der Waals surface area contributed by atoms with Crippen molar-refractivity contribution >= 4 is 65.9 Å². The lowest BCUT2D eigenvalue weighted by molar-refractivity contribution is 0.673. The summed E-state index contributed by atoms with van der Waals surface area (Å²) in [5, 5.41) is 5.32. The van der Waals surface area contributed by atoms with E-state index in [2.05, 4.69) is 135 Å². The lowest BCUT2D eigenvalue weighted by Crippen LogP contribution is -1.89. The number of unbranched alkanes of at least 4 members (excludes halogenated alkanes) is 12. The molecule has 2 aliphatic carbocycles. The van der Waals surface area contributed by atoms with Crippen molar-refractivity contribution < 1.29 is 0 Å². The van der Waals surface area contributed by atoms with Gasteiger partial charge in [-0.25, -0.2) is 9.97 Å². The van der Waals surface area contributed by atoms with Crippen molar-refractivity contribution in [3.05, 3.63) is 120 Å². The first-order valence-corrected chi connectivity index (χ1v) is 26.9. The topological polar surface area (TPSA) is 57.4 Å². The molecule has 346 valence electrons. The molecule has 4 heteroatoms. The molecule has 0 atom stereocenters. The monoisotopic (exact) mass is 895 g/mol. The first kappa shape index (κ1) is 44.5. The fourth-order valence-corrected chi connectivity index (χ4v) is 12.3. The van der Waals surface area contributed by atoms with Crippen molar-refractivity contribution in [1.29, 1.82) is 0 Å². The molecule has 2 aliphatic heterocycles. The fourth-order valence-electron chi connectivity index (χ4n) is 12.3. The molecule has 0 fully saturated rings. The molecule has 0 saturated carbocycles.